The molecule has 0 aromatic heterocycles. The van der Waals surface area contributed by atoms with Gasteiger partial charge in [0.1, 0.15) is 12.2 Å². The lowest BCUT2D eigenvalue weighted by atomic mass is 9.49. The predicted octanol–water partition coefficient (Wildman–Crippen LogP) is 6.94. The molecule has 8 rings (SSSR count). The minimum atomic E-state index is -0.701. The maximum absolute atomic E-state index is 13.0. The SMILES string of the molecule is COC1(c2ccc(N(C)CCOCCOCCOC(=O)C34CC5CC(CC(C5)C3)C4)cc2)c2ccccc2N(C)c2ccccc21. The van der Waals surface area contributed by atoms with Gasteiger partial charge in [-0.1, -0.05) is 48.5 Å². The van der Waals surface area contributed by atoms with Crippen molar-refractivity contribution in [2.24, 2.45) is 23.2 Å². The van der Waals surface area contributed by atoms with Crippen LogP contribution in [0.25, 0.3) is 0 Å². The van der Waals surface area contributed by atoms with Crippen LogP contribution in [0.15, 0.2) is 72.8 Å². The Hall–Kier alpha value is -3.39. The number of hydrogen-bond acceptors (Lipinski definition) is 7. The average Bonchev–Trinajstić information content (AvgIpc) is 3.07. The van der Waals surface area contributed by atoms with Gasteiger partial charge in [-0.2, -0.15) is 0 Å². The first-order chi connectivity index (χ1) is 22.4. The number of fused-ring (bicyclic) bond motifs is 2. The quantitative estimate of drug-likeness (QED) is 0.151. The number of hydrogen-bond donors (Lipinski definition) is 0. The highest BCUT2D eigenvalue weighted by Crippen LogP contribution is 2.60. The van der Waals surface area contributed by atoms with Crippen molar-refractivity contribution < 1.29 is 23.7 Å². The van der Waals surface area contributed by atoms with Crippen molar-refractivity contribution in [2.75, 3.05) is 70.6 Å². The van der Waals surface area contributed by atoms with Crippen LogP contribution in [0.2, 0.25) is 0 Å². The van der Waals surface area contributed by atoms with Gasteiger partial charge in [-0.15, -0.1) is 0 Å². The monoisotopic (exact) mass is 624 g/mol. The van der Waals surface area contributed by atoms with Gasteiger partial charge >= 0.3 is 5.97 Å². The largest absolute Gasteiger partial charge is 0.463 e. The zero-order chi connectivity index (χ0) is 31.7. The second-order valence-electron chi connectivity index (χ2n) is 14.0. The molecule has 244 valence electrons. The van der Waals surface area contributed by atoms with Gasteiger partial charge in [-0.25, -0.2) is 0 Å². The Morgan fingerprint density at radius 3 is 1.85 bits per heavy atom. The van der Waals surface area contributed by atoms with Crippen LogP contribution in [0.1, 0.15) is 55.2 Å². The lowest BCUT2D eigenvalue weighted by Crippen LogP contribution is -2.50. The van der Waals surface area contributed by atoms with E-state index in [1.54, 1.807) is 7.11 Å². The molecule has 0 atom stereocenters. The van der Waals surface area contributed by atoms with Gasteiger partial charge in [0.05, 0.1) is 31.8 Å². The molecule has 5 aliphatic rings. The topological polar surface area (TPSA) is 60.5 Å². The molecule has 1 heterocycles. The molecular formula is C39H48N2O5. The van der Waals surface area contributed by atoms with Crippen LogP contribution in [0.3, 0.4) is 0 Å². The van der Waals surface area contributed by atoms with E-state index >= 15 is 0 Å². The number of ether oxygens (including phenoxy) is 4. The number of carbonyl (C=O) groups is 1. The normalized spacial score (nSPS) is 25.2. The third-order valence-corrected chi connectivity index (χ3v) is 11.2. The Kier molecular flexibility index (Phi) is 8.83. The number of esters is 1. The summed E-state index contributed by atoms with van der Waals surface area (Å²) in [5, 5.41) is 0. The maximum Gasteiger partial charge on any atom is 0.312 e. The van der Waals surface area contributed by atoms with E-state index in [-0.39, 0.29) is 11.4 Å². The molecule has 0 N–H and O–H groups in total. The molecule has 4 bridgehead atoms. The van der Waals surface area contributed by atoms with E-state index < -0.39 is 5.60 Å². The molecule has 4 aliphatic carbocycles. The fraction of sp³-hybridized carbons (Fsp3) is 0.513. The number of nitrogens with zero attached hydrogens (tertiary/aromatic N) is 2. The molecular weight excluding hydrogens is 576 g/mol. The lowest BCUT2D eigenvalue weighted by Gasteiger charge is -2.55. The number of para-hydroxylation sites is 2. The van der Waals surface area contributed by atoms with Gasteiger partial charge < -0.3 is 28.7 Å². The Bertz CT molecular complexity index is 1440. The smallest absolute Gasteiger partial charge is 0.312 e. The Balaban J connectivity index is 0.863. The van der Waals surface area contributed by atoms with E-state index in [9.17, 15) is 4.79 Å². The molecule has 0 spiro atoms. The van der Waals surface area contributed by atoms with E-state index in [4.69, 9.17) is 18.9 Å². The molecule has 7 heteroatoms. The van der Waals surface area contributed by atoms with E-state index in [0.717, 1.165) is 77.3 Å². The van der Waals surface area contributed by atoms with E-state index in [0.29, 0.717) is 33.0 Å². The summed E-state index contributed by atoms with van der Waals surface area (Å²) in [4.78, 5) is 17.4. The van der Waals surface area contributed by atoms with Gasteiger partial charge in [0.25, 0.3) is 0 Å². The van der Waals surface area contributed by atoms with Crippen LogP contribution in [0, 0.1) is 23.2 Å². The number of rotatable bonds is 13. The van der Waals surface area contributed by atoms with Crippen LogP contribution in [0.5, 0.6) is 0 Å². The summed E-state index contributed by atoms with van der Waals surface area (Å²) < 4.78 is 23.7. The molecule has 0 unspecified atom stereocenters. The van der Waals surface area contributed by atoms with Gasteiger partial charge in [-0.3, -0.25) is 4.79 Å². The average molecular weight is 625 g/mol. The van der Waals surface area contributed by atoms with Gasteiger partial charge in [0.15, 0.2) is 0 Å². The molecule has 0 saturated heterocycles. The molecule has 3 aromatic rings. The molecule has 0 amide bonds. The number of benzene rings is 3. The zero-order valence-electron chi connectivity index (χ0n) is 27.6. The molecule has 46 heavy (non-hydrogen) atoms. The van der Waals surface area contributed by atoms with E-state index in [2.05, 4.69) is 96.7 Å². The standard InChI is InChI=1S/C39H48N2O5/c1-40(16-17-44-18-19-45-20-21-46-37(42)38-25-28-22-29(26-38)24-30(23-28)27-38)32-14-12-31(13-15-32)39(43-3)33-8-4-6-10-35(33)41(2)36-11-7-5-9-34(36)39/h4-15,28-30H,16-27H2,1-3H3. The van der Waals surface area contributed by atoms with Crippen molar-refractivity contribution >= 4 is 23.0 Å². The first-order valence-corrected chi connectivity index (χ1v) is 17.1. The van der Waals surface area contributed by atoms with Crippen molar-refractivity contribution in [3.05, 3.63) is 89.5 Å². The first kappa shape index (κ1) is 31.2. The van der Waals surface area contributed by atoms with Crippen LogP contribution in [-0.4, -0.2) is 66.8 Å². The van der Waals surface area contributed by atoms with Gasteiger partial charge in [0, 0.05) is 55.9 Å². The Morgan fingerprint density at radius 2 is 1.28 bits per heavy atom. The Morgan fingerprint density at radius 1 is 0.761 bits per heavy atom. The van der Waals surface area contributed by atoms with Gasteiger partial charge in [0.2, 0.25) is 0 Å². The third-order valence-electron chi connectivity index (χ3n) is 11.2. The summed E-state index contributed by atoms with van der Waals surface area (Å²) in [7, 11) is 6.00. The lowest BCUT2D eigenvalue weighted by molar-refractivity contribution is -0.173. The fourth-order valence-electron chi connectivity index (χ4n) is 9.36. The second kappa shape index (κ2) is 13.0. The fourth-order valence-corrected chi connectivity index (χ4v) is 9.36. The highest BCUT2D eigenvalue weighted by atomic mass is 16.6. The minimum absolute atomic E-state index is 0.0286. The molecule has 7 nitrogen and oxygen atoms in total. The summed E-state index contributed by atoms with van der Waals surface area (Å²) in [5.74, 6) is 2.26. The summed E-state index contributed by atoms with van der Waals surface area (Å²) in [6, 6.07) is 25.7. The third kappa shape index (κ3) is 5.61. The number of methoxy groups -OCH3 is 1. The van der Waals surface area contributed by atoms with E-state index in [1.807, 2.05) is 0 Å². The van der Waals surface area contributed by atoms with Crippen molar-refractivity contribution in [2.45, 2.75) is 44.1 Å². The number of carbonyl (C=O) groups excluding carboxylic acids is 1. The maximum atomic E-state index is 13.0. The van der Waals surface area contributed by atoms with Crippen LogP contribution in [-0.2, 0) is 29.3 Å². The second-order valence-corrected chi connectivity index (χ2v) is 14.0. The zero-order valence-corrected chi connectivity index (χ0v) is 27.6. The molecule has 0 radical (unpaired) electrons. The van der Waals surface area contributed by atoms with Crippen LogP contribution < -0.4 is 9.80 Å². The van der Waals surface area contributed by atoms with Crippen molar-refractivity contribution in [1.82, 2.24) is 0 Å². The molecule has 1 aliphatic heterocycles. The summed E-state index contributed by atoms with van der Waals surface area (Å²) in [6.45, 7) is 3.11. The summed E-state index contributed by atoms with van der Waals surface area (Å²) in [5.41, 5.74) is 5.87. The van der Waals surface area contributed by atoms with Gasteiger partial charge in [-0.05, 0) is 86.1 Å². The first-order valence-electron chi connectivity index (χ1n) is 17.1. The summed E-state index contributed by atoms with van der Waals surface area (Å²) >= 11 is 0. The van der Waals surface area contributed by atoms with Crippen molar-refractivity contribution in [3.8, 4) is 0 Å². The highest BCUT2D eigenvalue weighted by molar-refractivity contribution is 5.79. The molecule has 4 fully saturated rings. The minimum Gasteiger partial charge on any atom is -0.463 e. The van der Waals surface area contributed by atoms with Crippen LogP contribution in [0.4, 0.5) is 17.1 Å². The molecule has 3 aromatic carbocycles. The Labute approximate surface area is 273 Å². The number of anilines is 3. The highest BCUT2D eigenvalue weighted by Gasteiger charge is 2.55. The number of likely N-dealkylation sites (N-methyl/N-ethyl adjacent to an activating group) is 1. The molecule has 4 saturated carbocycles. The van der Waals surface area contributed by atoms with Crippen molar-refractivity contribution in [3.63, 3.8) is 0 Å². The van der Waals surface area contributed by atoms with Crippen molar-refractivity contribution in [1.29, 1.82) is 0 Å². The van der Waals surface area contributed by atoms with E-state index in [1.165, 1.54) is 19.3 Å². The predicted molar refractivity (Wildman–Crippen MR) is 181 cm³/mol. The van der Waals surface area contributed by atoms with Crippen LogP contribution >= 0.6 is 0 Å². The summed E-state index contributed by atoms with van der Waals surface area (Å²) in [6.07, 6.45) is 7.11.